The smallest absolute Gasteiger partial charge is 0.344 e. The molecule has 0 amide bonds. The predicted octanol–water partition coefficient (Wildman–Crippen LogP) is 1.71. The molecule has 0 fully saturated rings. The van der Waals surface area contributed by atoms with Gasteiger partial charge in [0.05, 0.1) is 23.4 Å². The number of pyridine rings is 1. The number of hydrogen-bond acceptors (Lipinski definition) is 4. The topological polar surface area (TPSA) is 76.2 Å². The van der Waals surface area contributed by atoms with Crippen LogP contribution in [-0.2, 0) is 15.5 Å². The van der Waals surface area contributed by atoms with Crippen LogP contribution < -0.4 is 5.43 Å². The summed E-state index contributed by atoms with van der Waals surface area (Å²) in [6.45, 7) is 0. The first-order chi connectivity index (χ1) is 8.95. The van der Waals surface area contributed by atoms with Crippen LogP contribution in [0.15, 0.2) is 28.0 Å². The number of methoxy groups -OCH3 is 1. The molecule has 1 atom stereocenters. The van der Waals surface area contributed by atoms with E-state index in [1.165, 1.54) is 18.4 Å². The third-order valence-electron chi connectivity index (χ3n) is 2.61. The summed E-state index contributed by atoms with van der Waals surface area (Å²) in [5.74, 6) is -0.816. The van der Waals surface area contributed by atoms with Crippen molar-refractivity contribution in [3.63, 3.8) is 0 Å². The Kier molecular flexibility index (Phi) is 3.73. The van der Waals surface area contributed by atoms with E-state index in [-0.39, 0.29) is 10.6 Å². The van der Waals surface area contributed by atoms with Crippen molar-refractivity contribution in [3.05, 3.63) is 39.0 Å². The van der Waals surface area contributed by atoms with E-state index >= 15 is 0 Å². The average molecular weight is 300 g/mol. The standard InChI is InChI=1S/C12H10ClNO4S/c1-18-12(16)9-10(15)7-4-3-6(13)5-8(7)14-11(9)19(2)17/h3-5H,1-2H3,(H,14,15). The van der Waals surface area contributed by atoms with E-state index in [9.17, 15) is 13.8 Å². The lowest BCUT2D eigenvalue weighted by molar-refractivity contribution is 0.0594. The number of aromatic amines is 1. The zero-order chi connectivity index (χ0) is 14.2. The van der Waals surface area contributed by atoms with Crippen LogP contribution in [0.4, 0.5) is 0 Å². The molecule has 0 aliphatic heterocycles. The lowest BCUT2D eigenvalue weighted by atomic mass is 10.1. The van der Waals surface area contributed by atoms with Crippen LogP contribution in [0.1, 0.15) is 10.4 Å². The van der Waals surface area contributed by atoms with Crippen molar-refractivity contribution in [2.75, 3.05) is 13.4 Å². The van der Waals surface area contributed by atoms with Gasteiger partial charge in [0.15, 0.2) is 0 Å². The highest BCUT2D eigenvalue weighted by Crippen LogP contribution is 2.18. The molecule has 2 aromatic rings. The largest absolute Gasteiger partial charge is 0.465 e. The van der Waals surface area contributed by atoms with Crippen LogP contribution in [0, 0.1) is 0 Å². The highest BCUT2D eigenvalue weighted by atomic mass is 35.5. The zero-order valence-electron chi connectivity index (χ0n) is 10.2. The number of halogens is 1. The van der Waals surface area contributed by atoms with Crippen LogP contribution in [-0.4, -0.2) is 28.5 Å². The minimum absolute atomic E-state index is 0.0339. The molecule has 1 aromatic heterocycles. The molecule has 0 radical (unpaired) electrons. The summed E-state index contributed by atoms with van der Waals surface area (Å²) in [7, 11) is -0.372. The second-order valence-electron chi connectivity index (χ2n) is 3.79. The number of esters is 1. The molecule has 2 rings (SSSR count). The number of aromatic nitrogens is 1. The Hall–Kier alpha value is -1.66. The summed E-state index contributed by atoms with van der Waals surface area (Å²) in [6.07, 6.45) is 1.37. The van der Waals surface area contributed by atoms with Crippen LogP contribution in [0.25, 0.3) is 10.9 Å². The van der Waals surface area contributed by atoms with Crippen LogP contribution in [0.3, 0.4) is 0 Å². The van der Waals surface area contributed by atoms with Crippen molar-refractivity contribution < 1.29 is 13.7 Å². The number of fused-ring (bicyclic) bond motifs is 1. The molecule has 0 aliphatic carbocycles. The van der Waals surface area contributed by atoms with Crippen molar-refractivity contribution in [1.29, 1.82) is 0 Å². The average Bonchev–Trinajstić information content (AvgIpc) is 2.37. The molecular weight excluding hydrogens is 290 g/mol. The molecule has 1 heterocycles. The molecule has 0 bridgehead atoms. The molecule has 1 aromatic carbocycles. The Morgan fingerprint density at radius 1 is 1.42 bits per heavy atom. The van der Waals surface area contributed by atoms with E-state index in [1.54, 1.807) is 6.07 Å². The monoisotopic (exact) mass is 299 g/mol. The number of benzene rings is 1. The quantitative estimate of drug-likeness (QED) is 0.856. The molecule has 1 unspecified atom stereocenters. The molecule has 5 nitrogen and oxygen atoms in total. The molecule has 0 saturated carbocycles. The Morgan fingerprint density at radius 3 is 2.68 bits per heavy atom. The summed E-state index contributed by atoms with van der Waals surface area (Å²) >= 11 is 5.84. The first-order valence-corrected chi connectivity index (χ1v) is 7.16. The van der Waals surface area contributed by atoms with Gasteiger partial charge in [0.25, 0.3) is 0 Å². The van der Waals surface area contributed by atoms with Gasteiger partial charge in [-0.3, -0.25) is 9.00 Å². The Labute approximate surface area is 116 Å². The van der Waals surface area contributed by atoms with Crippen LogP contribution in [0.5, 0.6) is 0 Å². The maximum atomic E-state index is 12.3. The van der Waals surface area contributed by atoms with E-state index in [2.05, 4.69) is 9.72 Å². The van der Waals surface area contributed by atoms with Crippen molar-refractivity contribution in [1.82, 2.24) is 4.98 Å². The number of hydrogen-bond donors (Lipinski definition) is 1. The number of H-pyrrole nitrogens is 1. The van der Waals surface area contributed by atoms with Crippen LogP contribution >= 0.6 is 11.6 Å². The SMILES string of the molecule is COC(=O)c1c(S(C)=O)[nH]c2cc(Cl)ccc2c1=O. The number of carbonyl (C=O) groups excluding carboxylic acids is 1. The third kappa shape index (κ3) is 2.41. The van der Waals surface area contributed by atoms with Crippen molar-refractivity contribution in [3.8, 4) is 0 Å². The fourth-order valence-corrected chi connectivity index (χ4v) is 2.63. The molecule has 0 spiro atoms. The van der Waals surface area contributed by atoms with Crippen molar-refractivity contribution >= 4 is 39.3 Å². The van der Waals surface area contributed by atoms with Crippen molar-refractivity contribution in [2.24, 2.45) is 0 Å². The van der Waals surface area contributed by atoms with Gasteiger partial charge in [-0.15, -0.1) is 0 Å². The molecule has 100 valence electrons. The van der Waals surface area contributed by atoms with Gasteiger partial charge < -0.3 is 9.72 Å². The summed E-state index contributed by atoms with van der Waals surface area (Å²) in [4.78, 5) is 26.7. The van der Waals surface area contributed by atoms with Gasteiger partial charge in [0, 0.05) is 16.7 Å². The maximum absolute atomic E-state index is 12.3. The van der Waals surface area contributed by atoms with Crippen molar-refractivity contribution in [2.45, 2.75) is 5.03 Å². The van der Waals surface area contributed by atoms with Gasteiger partial charge >= 0.3 is 5.97 Å². The Bertz CT molecular complexity index is 753. The normalized spacial score (nSPS) is 12.4. The number of nitrogens with one attached hydrogen (secondary N) is 1. The van der Waals surface area contributed by atoms with E-state index in [0.717, 1.165) is 7.11 Å². The lowest BCUT2D eigenvalue weighted by Crippen LogP contribution is -2.21. The summed E-state index contributed by atoms with van der Waals surface area (Å²) in [6, 6.07) is 4.59. The molecular formula is C12H10ClNO4S. The number of ether oxygens (including phenoxy) is 1. The summed E-state index contributed by atoms with van der Waals surface area (Å²) < 4.78 is 16.2. The minimum atomic E-state index is -1.54. The molecule has 1 N–H and O–H groups in total. The third-order valence-corrected chi connectivity index (χ3v) is 3.72. The molecule has 0 saturated heterocycles. The summed E-state index contributed by atoms with van der Waals surface area (Å²) in [5.41, 5.74) is -0.337. The highest BCUT2D eigenvalue weighted by Gasteiger charge is 2.21. The second-order valence-corrected chi connectivity index (χ2v) is 5.55. The first kappa shape index (κ1) is 13.8. The zero-order valence-corrected chi connectivity index (χ0v) is 11.7. The minimum Gasteiger partial charge on any atom is -0.465 e. The number of rotatable bonds is 2. The van der Waals surface area contributed by atoms with Gasteiger partial charge in [0.1, 0.15) is 10.6 Å². The number of carbonyl (C=O) groups is 1. The maximum Gasteiger partial charge on any atom is 0.344 e. The highest BCUT2D eigenvalue weighted by molar-refractivity contribution is 7.84. The van der Waals surface area contributed by atoms with Gasteiger partial charge in [0.2, 0.25) is 5.43 Å². The first-order valence-electron chi connectivity index (χ1n) is 5.23. The Morgan fingerprint density at radius 2 is 2.11 bits per heavy atom. The van der Waals surface area contributed by atoms with E-state index in [4.69, 9.17) is 11.6 Å². The molecule has 19 heavy (non-hydrogen) atoms. The van der Waals surface area contributed by atoms with E-state index < -0.39 is 22.2 Å². The molecule has 0 aliphatic rings. The fraction of sp³-hybridized carbons (Fsp3) is 0.167. The van der Waals surface area contributed by atoms with E-state index in [0.29, 0.717) is 15.9 Å². The van der Waals surface area contributed by atoms with E-state index in [1.807, 2.05) is 0 Å². The van der Waals surface area contributed by atoms with Gasteiger partial charge in [-0.25, -0.2) is 4.79 Å². The Balaban J connectivity index is 2.94. The summed E-state index contributed by atoms with van der Waals surface area (Å²) in [5, 5.41) is 0.757. The van der Waals surface area contributed by atoms with Gasteiger partial charge in [-0.05, 0) is 18.2 Å². The molecule has 7 heteroatoms. The predicted molar refractivity (Wildman–Crippen MR) is 73.3 cm³/mol. The van der Waals surface area contributed by atoms with Crippen LogP contribution in [0.2, 0.25) is 5.02 Å². The van der Waals surface area contributed by atoms with Gasteiger partial charge in [-0.1, -0.05) is 11.6 Å². The van der Waals surface area contributed by atoms with Gasteiger partial charge in [-0.2, -0.15) is 0 Å². The lowest BCUT2D eigenvalue weighted by Gasteiger charge is -2.07. The fourth-order valence-electron chi connectivity index (χ4n) is 1.74. The second kappa shape index (κ2) is 5.14.